The lowest BCUT2D eigenvalue weighted by Gasteiger charge is -2.42. The molecule has 0 saturated heterocycles. The average molecular weight is 409 g/mol. The van der Waals surface area contributed by atoms with Crippen LogP contribution in [0.1, 0.15) is 39.5 Å². The molecular weight excluding hydrogens is 365 g/mol. The van der Waals surface area contributed by atoms with E-state index in [2.05, 4.69) is 72.8 Å². The summed E-state index contributed by atoms with van der Waals surface area (Å²) < 4.78 is 19.9. The van der Waals surface area contributed by atoms with Crippen LogP contribution in [0.5, 0.6) is 0 Å². The van der Waals surface area contributed by atoms with Crippen molar-refractivity contribution in [2.45, 2.75) is 104 Å². The first-order valence-electron chi connectivity index (χ1n) is 9.68. The fraction of sp³-hybridized carbons (Fsp3) is 1.00. The van der Waals surface area contributed by atoms with Gasteiger partial charge in [0.2, 0.25) is 0 Å². The molecule has 0 heterocycles. The van der Waals surface area contributed by atoms with Gasteiger partial charge >= 0.3 is 17.1 Å². The highest BCUT2D eigenvalue weighted by atomic mass is 28.5. The Hall–Kier alpha value is 0.748. The topological polar surface area (TPSA) is 27.7 Å². The summed E-state index contributed by atoms with van der Waals surface area (Å²) in [5.74, 6) is 0.668. The third kappa shape index (κ3) is 13.0. The SMILES string of the molecule is CCCCCC(C)C[Si](C)(O[Si](C)(C)C)O[Si](C)(C)O[Si](C)(C)C. The van der Waals surface area contributed by atoms with Crippen molar-refractivity contribution in [3.8, 4) is 0 Å². The number of unbranched alkanes of at least 4 members (excludes halogenated alkanes) is 2. The van der Waals surface area contributed by atoms with Crippen LogP contribution >= 0.6 is 0 Å². The molecule has 0 aromatic heterocycles. The van der Waals surface area contributed by atoms with Crippen LogP contribution in [-0.4, -0.2) is 33.8 Å². The first-order chi connectivity index (χ1) is 10.6. The minimum atomic E-state index is -2.22. The summed E-state index contributed by atoms with van der Waals surface area (Å²) in [6.45, 7) is 24.9. The van der Waals surface area contributed by atoms with E-state index in [-0.39, 0.29) is 0 Å². The van der Waals surface area contributed by atoms with Gasteiger partial charge in [-0.05, 0) is 70.9 Å². The van der Waals surface area contributed by atoms with E-state index in [1.54, 1.807) is 0 Å². The van der Waals surface area contributed by atoms with E-state index >= 15 is 0 Å². The van der Waals surface area contributed by atoms with Crippen molar-refractivity contribution in [1.29, 1.82) is 0 Å². The highest BCUT2D eigenvalue weighted by molar-refractivity contribution is 6.89. The van der Waals surface area contributed by atoms with Crippen LogP contribution in [-0.2, 0) is 12.3 Å². The summed E-state index contributed by atoms with van der Waals surface area (Å²) in [7, 11) is -7.62. The molecule has 2 unspecified atom stereocenters. The Labute approximate surface area is 156 Å². The normalized spacial score (nSPS) is 17.6. The minimum absolute atomic E-state index is 0.668. The van der Waals surface area contributed by atoms with Crippen molar-refractivity contribution in [3.05, 3.63) is 0 Å². The summed E-state index contributed by atoms with van der Waals surface area (Å²) in [6, 6.07) is 1.09. The van der Waals surface area contributed by atoms with Gasteiger partial charge in [-0.15, -0.1) is 0 Å². The molecule has 0 fully saturated rings. The Bertz CT molecular complexity index is 364. The van der Waals surface area contributed by atoms with Gasteiger partial charge in [-0.2, -0.15) is 0 Å². The maximum Gasteiger partial charge on any atom is 0.316 e. The first kappa shape index (κ1) is 24.7. The second-order valence-corrected chi connectivity index (χ2v) is 26.2. The van der Waals surface area contributed by atoms with Crippen molar-refractivity contribution >= 4 is 33.8 Å². The van der Waals surface area contributed by atoms with Gasteiger partial charge in [0.15, 0.2) is 16.6 Å². The van der Waals surface area contributed by atoms with Crippen molar-refractivity contribution < 1.29 is 12.3 Å². The second kappa shape index (κ2) is 9.62. The highest BCUT2D eigenvalue weighted by Crippen LogP contribution is 2.30. The van der Waals surface area contributed by atoms with Crippen molar-refractivity contribution in [1.82, 2.24) is 0 Å². The van der Waals surface area contributed by atoms with Crippen molar-refractivity contribution in [2.24, 2.45) is 5.92 Å². The van der Waals surface area contributed by atoms with Crippen LogP contribution in [0.2, 0.25) is 65.0 Å². The van der Waals surface area contributed by atoms with Crippen LogP contribution in [0.25, 0.3) is 0 Å². The highest BCUT2D eigenvalue weighted by Gasteiger charge is 2.45. The lowest BCUT2D eigenvalue weighted by Crippen LogP contribution is -2.57. The van der Waals surface area contributed by atoms with Crippen LogP contribution in [0.15, 0.2) is 0 Å². The third-order valence-electron chi connectivity index (χ3n) is 3.56. The summed E-state index contributed by atoms with van der Waals surface area (Å²) in [5, 5.41) is 0. The summed E-state index contributed by atoms with van der Waals surface area (Å²) >= 11 is 0. The Morgan fingerprint density at radius 3 is 1.62 bits per heavy atom. The molecule has 146 valence electrons. The molecule has 0 saturated carbocycles. The molecule has 24 heavy (non-hydrogen) atoms. The Balaban J connectivity index is 5.06. The molecule has 0 aromatic carbocycles. The van der Waals surface area contributed by atoms with Gasteiger partial charge in [0.1, 0.15) is 0 Å². The van der Waals surface area contributed by atoms with E-state index in [9.17, 15) is 0 Å². The molecule has 2 atom stereocenters. The van der Waals surface area contributed by atoms with Crippen molar-refractivity contribution in [3.63, 3.8) is 0 Å². The lowest BCUT2D eigenvalue weighted by molar-refractivity contribution is 0.313. The van der Waals surface area contributed by atoms with E-state index in [0.29, 0.717) is 5.92 Å². The van der Waals surface area contributed by atoms with Crippen LogP contribution in [0.4, 0.5) is 0 Å². The Morgan fingerprint density at radius 2 is 1.21 bits per heavy atom. The molecule has 0 bridgehead atoms. The zero-order valence-corrected chi connectivity index (χ0v) is 22.3. The number of rotatable bonds is 12. The molecule has 0 amide bonds. The largest absolute Gasteiger partial charge is 0.437 e. The standard InChI is InChI=1S/C17H44O3Si4/c1-12-13-14-15-17(2)16-24(11,19-22(6,7)8)20-23(9,10)18-21(3,4)5/h17H,12-16H2,1-11H3. The molecule has 0 spiro atoms. The number of hydrogen-bond acceptors (Lipinski definition) is 3. The van der Waals surface area contributed by atoms with Crippen molar-refractivity contribution in [2.75, 3.05) is 0 Å². The monoisotopic (exact) mass is 408 g/mol. The molecular formula is C17H44O3Si4. The molecule has 0 rings (SSSR count). The lowest BCUT2D eigenvalue weighted by atomic mass is 10.1. The Morgan fingerprint density at radius 1 is 0.708 bits per heavy atom. The van der Waals surface area contributed by atoms with E-state index < -0.39 is 33.8 Å². The first-order valence-corrected chi connectivity index (χ1v) is 21.8. The molecule has 0 aliphatic heterocycles. The third-order valence-corrected chi connectivity index (χ3v) is 17.3. The van der Waals surface area contributed by atoms with E-state index in [4.69, 9.17) is 12.3 Å². The van der Waals surface area contributed by atoms with Crippen LogP contribution in [0.3, 0.4) is 0 Å². The van der Waals surface area contributed by atoms with Crippen LogP contribution < -0.4 is 0 Å². The summed E-state index contributed by atoms with van der Waals surface area (Å²) in [5.41, 5.74) is 0. The predicted molar refractivity (Wildman–Crippen MR) is 117 cm³/mol. The zero-order valence-electron chi connectivity index (χ0n) is 18.3. The van der Waals surface area contributed by atoms with Gasteiger partial charge in [-0.3, -0.25) is 0 Å². The molecule has 0 aromatic rings. The molecule has 7 heteroatoms. The fourth-order valence-corrected chi connectivity index (χ4v) is 22.0. The maximum absolute atomic E-state index is 6.76. The van der Waals surface area contributed by atoms with E-state index in [0.717, 1.165) is 6.04 Å². The van der Waals surface area contributed by atoms with E-state index in [1.165, 1.54) is 25.7 Å². The molecule has 0 radical (unpaired) electrons. The fourth-order valence-electron chi connectivity index (χ4n) is 3.51. The summed E-state index contributed by atoms with van der Waals surface area (Å²) in [4.78, 5) is 0. The van der Waals surface area contributed by atoms with Gasteiger partial charge in [-0.25, -0.2) is 0 Å². The average Bonchev–Trinajstić information content (AvgIpc) is 2.20. The van der Waals surface area contributed by atoms with Gasteiger partial charge in [0, 0.05) is 0 Å². The van der Waals surface area contributed by atoms with Gasteiger partial charge in [-0.1, -0.05) is 39.5 Å². The Kier molecular flexibility index (Phi) is 9.92. The second-order valence-electron chi connectivity index (χ2n) is 9.87. The van der Waals surface area contributed by atoms with Crippen LogP contribution in [0, 0.1) is 5.92 Å². The molecule has 0 N–H and O–H groups in total. The predicted octanol–water partition coefficient (Wildman–Crippen LogP) is 6.70. The van der Waals surface area contributed by atoms with E-state index in [1.807, 2.05) is 0 Å². The zero-order chi connectivity index (χ0) is 19.2. The molecule has 0 aliphatic carbocycles. The smallest absolute Gasteiger partial charge is 0.316 e. The molecule has 3 nitrogen and oxygen atoms in total. The molecule has 0 aliphatic rings. The van der Waals surface area contributed by atoms with Gasteiger partial charge in [0.25, 0.3) is 0 Å². The minimum Gasteiger partial charge on any atom is -0.437 e. The van der Waals surface area contributed by atoms with Gasteiger partial charge < -0.3 is 12.3 Å². The maximum atomic E-state index is 6.76. The summed E-state index contributed by atoms with van der Waals surface area (Å²) in [6.07, 6.45) is 5.22. The number of hydrogen-bond donors (Lipinski definition) is 0. The van der Waals surface area contributed by atoms with Gasteiger partial charge in [0.05, 0.1) is 0 Å². The quantitative estimate of drug-likeness (QED) is 0.266.